The van der Waals surface area contributed by atoms with Gasteiger partial charge in [-0.05, 0) is 58.4 Å². The summed E-state index contributed by atoms with van der Waals surface area (Å²) >= 11 is 1.73. The van der Waals surface area contributed by atoms with E-state index in [1.807, 2.05) is 13.8 Å². The van der Waals surface area contributed by atoms with Crippen molar-refractivity contribution < 1.29 is 4.79 Å². The molecule has 6 nitrogen and oxygen atoms in total. The molecule has 3 rings (SSSR count). The molecule has 1 atom stereocenters. The van der Waals surface area contributed by atoms with Crippen molar-refractivity contribution in [1.29, 1.82) is 0 Å². The number of nitrogens with zero attached hydrogens (tertiary/aromatic N) is 2. The maximum atomic E-state index is 12.3. The maximum absolute atomic E-state index is 12.3. The molecule has 0 radical (unpaired) electrons. The van der Waals surface area contributed by atoms with Crippen molar-refractivity contribution in [2.45, 2.75) is 65.3 Å². The molecule has 2 N–H and O–H groups in total. The number of nitrogens with one attached hydrogen (secondary N) is 2. The van der Waals surface area contributed by atoms with E-state index >= 15 is 0 Å². The molecule has 1 aliphatic rings. The number of carbonyl (C=O) groups is 1. The van der Waals surface area contributed by atoms with Crippen LogP contribution < -0.4 is 11.0 Å². The number of fused-ring (bicyclic) bond motifs is 1. The summed E-state index contributed by atoms with van der Waals surface area (Å²) in [6.45, 7) is 5.63. The van der Waals surface area contributed by atoms with Gasteiger partial charge in [-0.25, -0.2) is 9.78 Å². The van der Waals surface area contributed by atoms with Crippen molar-refractivity contribution in [3.8, 4) is 0 Å². The summed E-state index contributed by atoms with van der Waals surface area (Å²) in [5.41, 5.74) is 3.29. The highest BCUT2D eigenvalue weighted by molar-refractivity contribution is 7.11. The first-order valence-electron chi connectivity index (χ1n) is 8.78. The summed E-state index contributed by atoms with van der Waals surface area (Å²) in [5, 5.41) is 4.04. The third kappa shape index (κ3) is 4.15. The molecule has 1 aliphatic carbocycles. The van der Waals surface area contributed by atoms with Crippen LogP contribution in [0.2, 0.25) is 0 Å². The summed E-state index contributed by atoms with van der Waals surface area (Å²) in [6, 6.07) is -0.0704. The average molecular weight is 360 g/mol. The number of rotatable bonds is 5. The quantitative estimate of drug-likeness (QED) is 0.858. The molecular formula is C18H24N4O2S. The molecular weight excluding hydrogens is 336 g/mol. The monoisotopic (exact) mass is 360 g/mol. The van der Waals surface area contributed by atoms with Gasteiger partial charge >= 0.3 is 5.69 Å². The molecule has 0 saturated heterocycles. The average Bonchev–Trinajstić information content (AvgIpc) is 2.98. The zero-order chi connectivity index (χ0) is 18.0. The van der Waals surface area contributed by atoms with Crippen molar-refractivity contribution in [2.24, 2.45) is 0 Å². The zero-order valence-electron chi connectivity index (χ0n) is 14.9. The van der Waals surface area contributed by atoms with Crippen LogP contribution in [0.15, 0.2) is 4.79 Å². The Balaban J connectivity index is 1.59. The van der Waals surface area contributed by atoms with Gasteiger partial charge in [0.05, 0.1) is 11.7 Å². The molecule has 2 aromatic heterocycles. The Morgan fingerprint density at radius 3 is 2.76 bits per heavy atom. The Morgan fingerprint density at radius 2 is 2.04 bits per heavy atom. The number of hydrogen-bond acceptors (Lipinski definition) is 5. The molecule has 2 heterocycles. The first kappa shape index (κ1) is 17.8. The Bertz CT molecular complexity index is 790. The molecule has 134 valence electrons. The van der Waals surface area contributed by atoms with E-state index in [1.165, 1.54) is 23.4 Å². The first-order valence-corrected chi connectivity index (χ1v) is 9.60. The Kier molecular flexibility index (Phi) is 5.32. The fourth-order valence-electron chi connectivity index (χ4n) is 3.29. The molecule has 25 heavy (non-hydrogen) atoms. The van der Waals surface area contributed by atoms with Gasteiger partial charge in [-0.3, -0.25) is 4.79 Å². The molecule has 1 amide bonds. The second-order valence-corrected chi connectivity index (χ2v) is 7.76. The number of aryl methyl sites for hydroxylation is 4. The van der Waals surface area contributed by atoms with E-state index in [2.05, 4.69) is 15.3 Å². The van der Waals surface area contributed by atoms with Crippen LogP contribution in [0.25, 0.3) is 0 Å². The number of H-pyrrole nitrogens is 1. The lowest BCUT2D eigenvalue weighted by Crippen LogP contribution is -2.27. The van der Waals surface area contributed by atoms with Crippen LogP contribution in [0.5, 0.6) is 0 Å². The van der Waals surface area contributed by atoms with Gasteiger partial charge in [0.1, 0.15) is 5.01 Å². The van der Waals surface area contributed by atoms with Gasteiger partial charge in [0.15, 0.2) is 0 Å². The molecule has 0 aliphatic heterocycles. The minimum Gasteiger partial charge on any atom is -0.347 e. The molecule has 0 bridgehead atoms. The highest BCUT2D eigenvalue weighted by Gasteiger charge is 2.19. The number of amides is 1. The van der Waals surface area contributed by atoms with E-state index in [4.69, 9.17) is 4.98 Å². The van der Waals surface area contributed by atoms with Crippen LogP contribution in [0, 0.1) is 13.8 Å². The van der Waals surface area contributed by atoms with E-state index in [-0.39, 0.29) is 17.6 Å². The van der Waals surface area contributed by atoms with Crippen LogP contribution >= 0.6 is 11.3 Å². The number of carbonyl (C=O) groups excluding carboxylic acids is 1. The van der Waals surface area contributed by atoms with Crippen molar-refractivity contribution in [3.63, 3.8) is 0 Å². The number of aromatic nitrogens is 3. The number of thiazole rings is 1. The minimum absolute atomic E-state index is 0.00864. The van der Waals surface area contributed by atoms with Crippen LogP contribution in [0.4, 0.5) is 0 Å². The lowest BCUT2D eigenvalue weighted by molar-refractivity contribution is -0.121. The molecule has 0 aromatic carbocycles. The van der Waals surface area contributed by atoms with Gasteiger partial charge in [-0.15, -0.1) is 11.3 Å². The highest BCUT2D eigenvalue weighted by Crippen LogP contribution is 2.29. The molecule has 0 saturated carbocycles. The predicted octanol–water partition coefficient (Wildman–Crippen LogP) is 2.53. The Hall–Kier alpha value is -2.02. The number of hydrogen-bond donors (Lipinski definition) is 2. The summed E-state index contributed by atoms with van der Waals surface area (Å²) in [4.78, 5) is 36.3. The second-order valence-electron chi connectivity index (χ2n) is 6.65. The summed E-state index contributed by atoms with van der Waals surface area (Å²) in [6.07, 6.45) is 5.55. The Morgan fingerprint density at radius 1 is 1.28 bits per heavy atom. The highest BCUT2D eigenvalue weighted by atomic mass is 32.1. The second kappa shape index (κ2) is 7.47. The molecule has 7 heteroatoms. The van der Waals surface area contributed by atoms with Crippen LogP contribution in [0.3, 0.4) is 0 Å². The molecule has 0 spiro atoms. The SMILES string of the molecule is Cc1nc(=O)[nH]c(C)c1CCC(=O)NC(C)c1nc2c(s1)CCCC2. The van der Waals surface area contributed by atoms with Gasteiger partial charge in [0.2, 0.25) is 5.91 Å². The van der Waals surface area contributed by atoms with Gasteiger partial charge < -0.3 is 10.3 Å². The first-order chi connectivity index (χ1) is 11.9. The van der Waals surface area contributed by atoms with Gasteiger partial charge in [0.25, 0.3) is 0 Å². The number of aromatic amines is 1. The van der Waals surface area contributed by atoms with Crippen LogP contribution in [-0.2, 0) is 24.1 Å². The molecule has 1 unspecified atom stereocenters. The van der Waals surface area contributed by atoms with E-state index in [1.54, 1.807) is 18.3 Å². The summed E-state index contributed by atoms with van der Waals surface area (Å²) < 4.78 is 0. The summed E-state index contributed by atoms with van der Waals surface area (Å²) in [5.74, 6) is -0.00864. The zero-order valence-corrected chi connectivity index (χ0v) is 15.8. The van der Waals surface area contributed by atoms with E-state index in [0.29, 0.717) is 18.5 Å². The maximum Gasteiger partial charge on any atom is 0.345 e. The third-order valence-corrected chi connectivity index (χ3v) is 6.01. The largest absolute Gasteiger partial charge is 0.347 e. The van der Waals surface area contributed by atoms with Crippen molar-refractivity contribution in [1.82, 2.24) is 20.3 Å². The smallest absolute Gasteiger partial charge is 0.345 e. The normalized spacial score (nSPS) is 14.8. The summed E-state index contributed by atoms with van der Waals surface area (Å²) in [7, 11) is 0. The lowest BCUT2D eigenvalue weighted by atomic mass is 10.0. The van der Waals surface area contributed by atoms with Crippen molar-refractivity contribution >= 4 is 17.2 Å². The van der Waals surface area contributed by atoms with Crippen molar-refractivity contribution in [3.05, 3.63) is 43.0 Å². The fourth-order valence-corrected chi connectivity index (χ4v) is 4.45. The van der Waals surface area contributed by atoms with E-state index in [0.717, 1.165) is 29.1 Å². The minimum atomic E-state index is -0.343. The van der Waals surface area contributed by atoms with Gasteiger partial charge in [-0.1, -0.05) is 0 Å². The standard InChI is InChI=1S/C18H24N4O2S/c1-10-13(11(2)21-18(24)20-10)8-9-16(23)19-12(3)17-22-14-6-4-5-7-15(14)25-17/h12H,4-9H2,1-3H3,(H,19,23)(H,20,21,24). The van der Waals surface area contributed by atoms with Crippen LogP contribution in [0.1, 0.15) is 64.8 Å². The lowest BCUT2D eigenvalue weighted by Gasteiger charge is -2.12. The predicted molar refractivity (Wildman–Crippen MR) is 98.0 cm³/mol. The van der Waals surface area contributed by atoms with Gasteiger partial charge in [0, 0.05) is 22.7 Å². The topological polar surface area (TPSA) is 87.7 Å². The molecule has 0 fully saturated rings. The third-order valence-electron chi connectivity index (χ3n) is 4.67. The van der Waals surface area contributed by atoms with Crippen LogP contribution in [-0.4, -0.2) is 20.9 Å². The van der Waals surface area contributed by atoms with Crippen molar-refractivity contribution in [2.75, 3.05) is 0 Å². The molecule has 2 aromatic rings. The van der Waals surface area contributed by atoms with E-state index < -0.39 is 0 Å². The fraction of sp³-hybridized carbons (Fsp3) is 0.556. The van der Waals surface area contributed by atoms with E-state index in [9.17, 15) is 9.59 Å². The van der Waals surface area contributed by atoms with Gasteiger partial charge in [-0.2, -0.15) is 4.98 Å². The Labute approximate surface area is 151 Å².